The van der Waals surface area contributed by atoms with Gasteiger partial charge in [-0.1, -0.05) is 72.8 Å². The van der Waals surface area contributed by atoms with Gasteiger partial charge in [0.1, 0.15) is 12.4 Å². The van der Waals surface area contributed by atoms with Crippen molar-refractivity contribution >= 4 is 12.0 Å². The van der Waals surface area contributed by atoms with Crippen molar-refractivity contribution in [1.82, 2.24) is 0 Å². The Labute approximate surface area is 177 Å². The van der Waals surface area contributed by atoms with Gasteiger partial charge in [-0.2, -0.15) is 0 Å². The van der Waals surface area contributed by atoms with Crippen LogP contribution in [0.15, 0.2) is 78.9 Å². The van der Waals surface area contributed by atoms with Crippen molar-refractivity contribution in [1.29, 1.82) is 0 Å². The lowest BCUT2D eigenvalue weighted by Crippen LogP contribution is -2.02. The summed E-state index contributed by atoms with van der Waals surface area (Å²) < 4.78 is 6.24. The lowest BCUT2D eigenvalue weighted by molar-refractivity contribution is -0.131. The van der Waals surface area contributed by atoms with Crippen LogP contribution in [-0.4, -0.2) is 11.1 Å². The van der Waals surface area contributed by atoms with Crippen molar-refractivity contribution in [2.24, 2.45) is 5.92 Å². The first kappa shape index (κ1) is 20.0. The van der Waals surface area contributed by atoms with Crippen molar-refractivity contribution < 1.29 is 14.6 Å². The van der Waals surface area contributed by atoms with E-state index in [0.717, 1.165) is 35.3 Å². The van der Waals surface area contributed by atoms with Crippen LogP contribution in [-0.2, 0) is 17.8 Å². The average Bonchev–Trinajstić information content (AvgIpc) is 3.51. The summed E-state index contributed by atoms with van der Waals surface area (Å²) in [6.45, 7) is 2.66. The van der Waals surface area contributed by atoms with Crippen LogP contribution < -0.4 is 4.74 Å². The lowest BCUT2D eigenvalue weighted by atomic mass is 9.98. The average molecular weight is 399 g/mol. The van der Waals surface area contributed by atoms with Gasteiger partial charge in [0.25, 0.3) is 0 Å². The standard InChI is InChI=1S/C27H26O3/c1-19-8-7-12-22(27(19)30-18-20-9-3-2-4-10-20)16-23-17-25(23)24-13-6-5-11-21(24)14-15-26(28)29/h2-15,23,25H,16-18H2,1H3,(H,28,29). The number of carboxylic acid groups (broad SMARTS) is 1. The molecule has 3 nitrogen and oxygen atoms in total. The minimum atomic E-state index is -0.919. The van der Waals surface area contributed by atoms with Gasteiger partial charge in [0, 0.05) is 6.08 Å². The lowest BCUT2D eigenvalue weighted by Gasteiger charge is -2.15. The molecule has 0 aromatic heterocycles. The maximum atomic E-state index is 10.9. The van der Waals surface area contributed by atoms with Gasteiger partial charge >= 0.3 is 5.97 Å². The molecular weight excluding hydrogens is 372 g/mol. The van der Waals surface area contributed by atoms with Gasteiger partial charge in [0.2, 0.25) is 0 Å². The van der Waals surface area contributed by atoms with E-state index in [1.54, 1.807) is 6.08 Å². The van der Waals surface area contributed by atoms with E-state index >= 15 is 0 Å². The normalized spacial score (nSPS) is 17.8. The van der Waals surface area contributed by atoms with E-state index in [0.29, 0.717) is 18.4 Å². The molecule has 0 radical (unpaired) electrons. The summed E-state index contributed by atoms with van der Waals surface area (Å²) >= 11 is 0. The molecule has 1 N–H and O–H groups in total. The minimum Gasteiger partial charge on any atom is -0.488 e. The molecule has 1 aliphatic carbocycles. The summed E-state index contributed by atoms with van der Waals surface area (Å²) in [4.78, 5) is 10.9. The summed E-state index contributed by atoms with van der Waals surface area (Å²) in [5, 5.41) is 8.96. The van der Waals surface area contributed by atoms with E-state index in [1.165, 1.54) is 17.2 Å². The number of aryl methyl sites for hydroxylation is 1. The van der Waals surface area contributed by atoms with Crippen molar-refractivity contribution in [2.45, 2.75) is 32.3 Å². The van der Waals surface area contributed by atoms with Crippen LogP contribution in [0.25, 0.3) is 6.08 Å². The van der Waals surface area contributed by atoms with Crippen molar-refractivity contribution in [2.75, 3.05) is 0 Å². The zero-order chi connectivity index (χ0) is 20.9. The van der Waals surface area contributed by atoms with Crippen LogP contribution in [0.1, 0.15) is 40.2 Å². The Hall–Kier alpha value is -3.33. The Kier molecular flexibility index (Phi) is 5.99. The zero-order valence-corrected chi connectivity index (χ0v) is 17.1. The Morgan fingerprint density at radius 1 is 1.03 bits per heavy atom. The molecule has 0 aliphatic heterocycles. The van der Waals surface area contributed by atoms with Crippen molar-refractivity contribution in [3.63, 3.8) is 0 Å². The van der Waals surface area contributed by atoms with E-state index in [9.17, 15) is 4.79 Å². The second-order valence-electron chi connectivity index (χ2n) is 7.94. The molecule has 2 unspecified atom stereocenters. The fourth-order valence-corrected chi connectivity index (χ4v) is 4.11. The molecule has 2 atom stereocenters. The van der Waals surface area contributed by atoms with Gasteiger partial charge < -0.3 is 9.84 Å². The van der Waals surface area contributed by atoms with Crippen molar-refractivity contribution in [3.8, 4) is 5.75 Å². The minimum absolute atomic E-state index is 0.460. The van der Waals surface area contributed by atoms with Crippen LogP contribution in [0, 0.1) is 12.8 Å². The predicted molar refractivity (Wildman–Crippen MR) is 120 cm³/mol. The Bertz CT molecular complexity index is 1050. The van der Waals surface area contributed by atoms with Gasteiger partial charge in [-0.15, -0.1) is 0 Å². The number of hydrogen-bond donors (Lipinski definition) is 1. The number of ether oxygens (including phenoxy) is 1. The molecule has 4 rings (SSSR count). The van der Waals surface area contributed by atoms with Gasteiger partial charge in [-0.05, 0) is 65.5 Å². The van der Waals surface area contributed by atoms with E-state index < -0.39 is 5.97 Å². The number of hydrogen-bond acceptors (Lipinski definition) is 2. The molecular formula is C27H26O3. The summed E-state index contributed by atoms with van der Waals surface area (Å²) in [5.41, 5.74) is 5.80. The second-order valence-corrected chi connectivity index (χ2v) is 7.94. The van der Waals surface area contributed by atoms with E-state index in [2.05, 4.69) is 43.3 Å². The molecule has 0 spiro atoms. The molecule has 1 aliphatic rings. The third kappa shape index (κ3) is 4.80. The highest BCUT2D eigenvalue weighted by Crippen LogP contribution is 2.51. The molecule has 1 saturated carbocycles. The van der Waals surface area contributed by atoms with Gasteiger partial charge in [-0.25, -0.2) is 4.79 Å². The van der Waals surface area contributed by atoms with Crippen LogP contribution in [0.4, 0.5) is 0 Å². The number of rotatable bonds is 8. The molecule has 0 saturated heterocycles. The molecule has 0 bridgehead atoms. The number of carboxylic acids is 1. The maximum Gasteiger partial charge on any atom is 0.328 e. The zero-order valence-electron chi connectivity index (χ0n) is 17.1. The summed E-state index contributed by atoms with van der Waals surface area (Å²) in [6.07, 6.45) is 5.00. The molecule has 30 heavy (non-hydrogen) atoms. The fourth-order valence-electron chi connectivity index (χ4n) is 4.11. The molecule has 3 heteroatoms. The highest BCUT2D eigenvalue weighted by Gasteiger charge is 2.39. The largest absolute Gasteiger partial charge is 0.488 e. The van der Waals surface area contributed by atoms with Crippen LogP contribution in [0.5, 0.6) is 5.75 Å². The smallest absolute Gasteiger partial charge is 0.328 e. The number of para-hydroxylation sites is 1. The number of aliphatic carboxylic acids is 1. The predicted octanol–water partition coefficient (Wildman–Crippen LogP) is 6.02. The maximum absolute atomic E-state index is 10.9. The molecule has 1 fully saturated rings. The van der Waals surface area contributed by atoms with Crippen LogP contribution in [0.2, 0.25) is 0 Å². The van der Waals surface area contributed by atoms with E-state index in [-0.39, 0.29) is 0 Å². The highest BCUT2D eigenvalue weighted by atomic mass is 16.5. The third-order valence-electron chi connectivity index (χ3n) is 5.73. The first-order chi connectivity index (χ1) is 14.6. The van der Waals surface area contributed by atoms with Gasteiger partial charge in [0.05, 0.1) is 0 Å². The summed E-state index contributed by atoms with van der Waals surface area (Å²) in [6, 6.07) is 24.7. The molecule has 3 aromatic rings. The SMILES string of the molecule is Cc1cccc(CC2CC2c2ccccc2C=CC(=O)O)c1OCc1ccccc1. The molecule has 0 amide bonds. The quantitative estimate of drug-likeness (QED) is 0.472. The van der Waals surface area contributed by atoms with Crippen molar-refractivity contribution in [3.05, 3.63) is 107 Å². The summed E-state index contributed by atoms with van der Waals surface area (Å²) in [5.74, 6) is 1.08. The first-order valence-electron chi connectivity index (χ1n) is 10.4. The monoisotopic (exact) mass is 398 g/mol. The Morgan fingerprint density at radius 3 is 2.60 bits per heavy atom. The van der Waals surface area contributed by atoms with Gasteiger partial charge in [-0.3, -0.25) is 0 Å². The highest BCUT2D eigenvalue weighted by molar-refractivity contribution is 5.85. The molecule has 0 heterocycles. The molecule has 3 aromatic carbocycles. The number of carbonyl (C=O) groups is 1. The number of benzene rings is 3. The van der Waals surface area contributed by atoms with E-state index in [1.807, 2.05) is 36.4 Å². The molecule has 152 valence electrons. The Morgan fingerprint density at radius 2 is 1.80 bits per heavy atom. The topological polar surface area (TPSA) is 46.5 Å². The first-order valence-corrected chi connectivity index (χ1v) is 10.4. The third-order valence-corrected chi connectivity index (χ3v) is 5.73. The summed E-state index contributed by atoms with van der Waals surface area (Å²) in [7, 11) is 0. The van der Waals surface area contributed by atoms with Crippen LogP contribution >= 0.6 is 0 Å². The van der Waals surface area contributed by atoms with Crippen LogP contribution in [0.3, 0.4) is 0 Å². The van der Waals surface area contributed by atoms with Gasteiger partial charge in [0.15, 0.2) is 0 Å². The fraction of sp³-hybridized carbons (Fsp3) is 0.222. The van der Waals surface area contributed by atoms with E-state index in [4.69, 9.17) is 9.84 Å². The second kappa shape index (κ2) is 9.00. The Balaban J connectivity index is 1.48.